The minimum Gasteiger partial charge on any atom is -0.412 e. The molecule has 172 valence electrons. The molecule has 0 aromatic heterocycles. The Morgan fingerprint density at radius 2 is 0.926 bits per heavy atom. The fraction of sp³-hybridized carbons (Fsp3) is 1.00. The molecule has 2 N–H and O–H groups in total. The second-order valence-electron chi connectivity index (χ2n) is 8.53. The zero-order chi connectivity index (χ0) is 18.9. The molecule has 3 aliphatic carbocycles. The summed E-state index contributed by atoms with van der Waals surface area (Å²) in [6.45, 7) is 8.83. The van der Waals surface area contributed by atoms with E-state index in [2.05, 4.69) is 13.8 Å². The molecule has 0 spiro atoms. The molecule has 0 radical (unpaired) electrons. The first kappa shape index (κ1) is 31.5. The van der Waals surface area contributed by atoms with E-state index in [1.165, 1.54) is 70.6 Å². The topological polar surface area (TPSA) is 31.5 Å². The highest BCUT2D eigenvalue weighted by Crippen LogP contribution is 2.39. The van der Waals surface area contributed by atoms with Gasteiger partial charge in [0.15, 0.2) is 0 Å². The average Bonchev–Trinajstić information content (AvgIpc) is 2.94. The first-order chi connectivity index (χ1) is 12.3. The Kier molecular flexibility index (Phi) is 25.8. The Hall–Kier alpha value is -0.180. The summed E-state index contributed by atoms with van der Waals surface area (Å²) in [6.07, 6.45) is 22.7. The van der Waals surface area contributed by atoms with Gasteiger partial charge in [0.2, 0.25) is 0 Å². The van der Waals surface area contributed by atoms with Crippen LogP contribution in [0, 0.1) is 23.7 Å². The largest absolute Gasteiger partial charge is 0.412 e. The highest BCUT2D eigenvalue weighted by atomic mass is 19.1. The molecule has 3 rings (SSSR count). The Morgan fingerprint density at radius 1 is 0.556 bits per heavy atom. The highest BCUT2D eigenvalue weighted by molar-refractivity contribution is 4.79. The van der Waals surface area contributed by atoms with E-state index in [1.807, 2.05) is 13.8 Å². The van der Waals surface area contributed by atoms with E-state index >= 15 is 0 Å². The van der Waals surface area contributed by atoms with Crippen LogP contribution in [0.15, 0.2) is 0 Å². The van der Waals surface area contributed by atoms with Gasteiger partial charge < -0.3 is 5.48 Å². The molecule has 0 aliphatic heterocycles. The maximum Gasteiger partial charge on any atom is 0.0785 e. The summed E-state index contributed by atoms with van der Waals surface area (Å²) in [6, 6.07) is 0. The van der Waals surface area contributed by atoms with E-state index in [0.29, 0.717) is 7.18 Å². The number of halogens is 2. The lowest BCUT2D eigenvalue weighted by Crippen LogP contribution is -2.23. The zero-order valence-electron chi connectivity index (χ0n) is 19.2. The summed E-state index contributed by atoms with van der Waals surface area (Å²) in [4.78, 5) is 0. The quantitative estimate of drug-likeness (QED) is 0.395. The second kappa shape index (κ2) is 22.1. The summed E-state index contributed by atoms with van der Waals surface area (Å²) in [5, 5.41) is 0. The van der Waals surface area contributed by atoms with Crippen molar-refractivity contribution in [1.29, 1.82) is 0 Å². The van der Waals surface area contributed by atoms with Crippen LogP contribution >= 0.6 is 0 Å². The summed E-state index contributed by atoms with van der Waals surface area (Å²) < 4.78 is 9.50. The van der Waals surface area contributed by atoms with Gasteiger partial charge >= 0.3 is 0 Å². The van der Waals surface area contributed by atoms with Crippen molar-refractivity contribution in [3.8, 4) is 0 Å². The summed E-state index contributed by atoms with van der Waals surface area (Å²) >= 11 is 0. The lowest BCUT2D eigenvalue weighted by atomic mass is 9.71. The van der Waals surface area contributed by atoms with Crippen LogP contribution in [0.5, 0.6) is 0 Å². The smallest absolute Gasteiger partial charge is 0.0785 e. The van der Waals surface area contributed by atoms with Gasteiger partial charge in [0, 0.05) is 2.85 Å². The monoisotopic (exact) mass is 398 g/mol. The first-order valence-electron chi connectivity index (χ1n) is 11.6. The predicted molar refractivity (Wildman–Crippen MR) is 123 cm³/mol. The molecule has 0 heterocycles. The minimum atomic E-state index is 0. The molecular formula is C24H56F2O. The summed E-state index contributed by atoms with van der Waals surface area (Å²) in [5.41, 5.74) is 0. The standard InChI is InChI=1S/C13H24.C8H16.C2H6.CH3F.FH.H2O.2H2/c1-11-6-5-9-13(10-11)12-7-3-2-4-8-12;1-8-6-4-2-3-5-7-8;2*1-2;;;;/h11-13H,2-10H2,1H3;8H,2-7H2,1H3;1-2H3;1H3;1H;1H2;2*1H. The van der Waals surface area contributed by atoms with Gasteiger partial charge in [0.05, 0.1) is 7.18 Å². The van der Waals surface area contributed by atoms with Crippen molar-refractivity contribution in [2.45, 2.75) is 124 Å². The van der Waals surface area contributed by atoms with E-state index < -0.39 is 0 Å². The molecule has 27 heavy (non-hydrogen) atoms. The third-order valence-corrected chi connectivity index (χ3v) is 6.44. The molecule has 0 saturated heterocycles. The van der Waals surface area contributed by atoms with Gasteiger partial charge in [-0.05, 0) is 30.1 Å². The van der Waals surface area contributed by atoms with Crippen LogP contribution in [0.25, 0.3) is 0 Å². The van der Waals surface area contributed by atoms with Crippen molar-refractivity contribution in [2.75, 3.05) is 7.18 Å². The van der Waals surface area contributed by atoms with Gasteiger partial charge in [-0.1, -0.05) is 118 Å². The van der Waals surface area contributed by atoms with Crippen LogP contribution in [0.3, 0.4) is 0 Å². The fourth-order valence-corrected chi connectivity index (χ4v) is 5.00. The minimum absolute atomic E-state index is 0. The van der Waals surface area contributed by atoms with Crippen molar-refractivity contribution in [1.82, 2.24) is 0 Å². The van der Waals surface area contributed by atoms with Gasteiger partial charge in [-0.25, -0.2) is 0 Å². The van der Waals surface area contributed by atoms with E-state index in [0.717, 1.165) is 23.7 Å². The lowest BCUT2D eigenvalue weighted by molar-refractivity contribution is 0.166. The molecular weight excluding hydrogens is 342 g/mol. The van der Waals surface area contributed by atoms with E-state index in [1.54, 1.807) is 25.7 Å². The van der Waals surface area contributed by atoms with Crippen LogP contribution in [0.2, 0.25) is 0 Å². The molecule has 0 aromatic rings. The number of rotatable bonds is 1. The normalized spacial score (nSPS) is 26.0. The van der Waals surface area contributed by atoms with Gasteiger partial charge in [-0.15, -0.1) is 0 Å². The maximum absolute atomic E-state index is 9.50. The number of hydrogen-bond acceptors (Lipinski definition) is 0. The molecule has 3 heteroatoms. The van der Waals surface area contributed by atoms with Crippen LogP contribution < -0.4 is 0 Å². The molecule has 1 nitrogen and oxygen atoms in total. The predicted octanol–water partition coefficient (Wildman–Crippen LogP) is 8.80. The molecule has 0 amide bonds. The van der Waals surface area contributed by atoms with Crippen molar-refractivity contribution in [2.24, 2.45) is 23.7 Å². The molecule has 3 saturated carbocycles. The average molecular weight is 399 g/mol. The second-order valence-corrected chi connectivity index (χ2v) is 8.53. The Balaban J connectivity index is -0.000000106. The molecule has 0 bridgehead atoms. The first-order valence-corrected chi connectivity index (χ1v) is 11.6. The number of alkyl halides is 1. The van der Waals surface area contributed by atoms with Crippen molar-refractivity contribution in [3.63, 3.8) is 0 Å². The maximum atomic E-state index is 9.50. The van der Waals surface area contributed by atoms with Gasteiger partial charge in [0.1, 0.15) is 0 Å². The van der Waals surface area contributed by atoms with Gasteiger partial charge in [-0.2, -0.15) is 0 Å². The van der Waals surface area contributed by atoms with Crippen LogP contribution in [0.1, 0.15) is 127 Å². The molecule has 0 aromatic carbocycles. The van der Waals surface area contributed by atoms with Crippen molar-refractivity contribution >= 4 is 0 Å². The number of hydrogen-bond donors (Lipinski definition) is 0. The fourth-order valence-electron chi connectivity index (χ4n) is 5.00. The van der Waals surface area contributed by atoms with Gasteiger partial charge in [-0.3, -0.25) is 9.09 Å². The molecule has 2 atom stereocenters. The Labute approximate surface area is 172 Å². The van der Waals surface area contributed by atoms with E-state index in [9.17, 15) is 4.39 Å². The third-order valence-electron chi connectivity index (χ3n) is 6.44. The SMILES string of the molecule is CC.CC1CCCC(C2CCCCC2)C1.CC1CCCCCC1.CF.F.O.[HH].[HH]. The Morgan fingerprint density at radius 3 is 1.41 bits per heavy atom. The van der Waals surface area contributed by atoms with Gasteiger partial charge in [0.25, 0.3) is 0 Å². The summed E-state index contributed by atoms with van der Waals surface area (Å²) in [5.74, 6) is 4.29. The van der Waals surface area contributed by atoms with Crippen LogP contribution in [0.4, 0.5) is 9.09 Å². The highest BCUT2D eigenvalue weighted by Gasteiger charge is 2.27. The zero-order valence-corrected chi connectivity index (χ0v) is 19.2. The van der Waals surface area contributed by atoms with Crippen LogP contribution in [-0.4, -0.2) is 12.7 Å². The Bertz CT molecular complexity index is 270. The van der Waals surface area contributed by atoms with E-state index in [-0.39, 0.29) is 13.0 Å². The lowest BCUT2D eigenvalue weighted by Gasteiger charge is -2.35. The van der Waals surface area contributed by atoms with Crippen molar-refractivity contribution in [3.05, 3.63) is 0 Å². The molecule has 2 unspecified atom stereocenters. The third kappa shape index (κ3) is 15.4. The van der Waals surface area contributed by atoms with Crippen LogP contribution in [-0.2, 0) is 0 Å². The van der Waals surface area contributed by atoms with E-state index in [4.69, 9.17) is 0 Å². The molecule has 3 aliphatic rings. The summed E-state index contributed by atoms with van der Waals surface area (Å²) in [7, 11) is 0.500. The van der Waals surface area contributed by atoms with Crippen molar-refractivity contribution < 1.29 is 17.4 Å². The molecule has 3 fully saturated rings.